The molecule has 19 heavy (non-hydrogen) atoms. The molecule has 0 saturated carbocycles. The highest BCUT2D eigenvalue weighted by Crippen LogP contribution is 2.31. The number of esters is 1. The van der Waals surface area contributed by atoms with Crippen molar-refractivity contribution in [2.75, 3.05) is 6.61 Å². The summed E-state index contributed by atoms with van der Waals surface area (Å²) in [5, 5.41) is 29.1. The lowest BCUT2D eigenvalue weighted by atomic mass is 10.2. The van der Waals surface area contributed by atoms with Crippen LogP contribution in [0.5, 0.6) is 11.6 Å². The van der Waals surface area contributed by atoms with E-state index in [-0.39, 0.29) is 23.7 Å². The minimum absolute atomic E-state index is 0.0926. The molecule has 7 heteroatoms. The van der Waals surface area contributed by atoms with Crippen molar-refractivity contribution in [3.05, 3.63) is 30.0 Å². The third-order valence-electron chi connectivity index (χ3n) is 2.45. The average molecular weight is 264 g/mol. The van der Waals surface area contributed by atoms with Gasteiger partial charge in [-0.1, -0.05) is 12.1 Å². The second-order valence-corrected chi connectivity index (χ2v) is 3.66. The summed E-state index contributed by atoms with van der Waals surface area (Å²) in [6, 6.07) is 6.09. The molecular weight excluding hydrogens is 252 g/mol. The predicted molar refractivity (Wildman–Crippen MR) is 64.1 cm³/mol. The zero-order valence-electron chi connectivity index (χ0n) is 10.1. The van der Waals surface area contributed by atoms with Crippen LogP contribution in [0, 0.1) is 0 Å². The van der Waals surface area contributed by atoms with Crippen LogP contribution in [0.15, 0.2) is 24.3 Å². The fraction of sp³-hybridized carbons (Fsp3) is 0.167. The molecule has 1 aromatic heterocycles. The van der Waals surface area contributed by atoms with Gasteiger partial charge in [-0.15, -0.1) is 0 Å². The number of benzene rings is 1. The molecule has 0 fully saturated rings. The second kappa shape index (κ2) is 4.89. The van der Waals surface area contributed by atoms with E-state index in [9.17, 15) is 20.2 Å². The van der Waals surface area contributed by atoms with Gasteiger partial charge in [-0.3, -0.25) is 0 Å². The summed E-state index contributed by atoms with van der Waals surface area (Å²) in [6.07, 6.45) is 0. The summed E-state index contributed by atoms with van der Waals surface area (Å²) in [6.45, 7) is 1.69. The summed E-state index contributed by atoms with van der Waals surface area (Å²) in [7, 11) is 0. The Morgan fingerprint density at radius 1 is 1.37 bits per heavy atom. The third-order valence-corrected chi connectivity index (χ3v) is 2.45. The van der Waals surface area contributed by atoms with Crippen molar-refractivity contribution in [2.45, 2.75) is 6.92 Å². The number of carbonyl (C=O) groups excluding carboxylic acids is 1. The summed E-state index contributed by atoms with van der Waals surface area (Å²) in [5.41, 5.74) is -0.309. The molecule has 0 radical (unpaired) electrons. The molecule has 1 aromatic carbocycles. The Kier molecular flexibility index (Phi) is 3.28. The van der Waals surface area contributed by atoms with Crippen LogP contribution in [0.1, 0.15) is 17.4 Å². The van der Waals surface area contributed by atoms with Crippen LogP contribution >= 0.6 is 0 Å². The topological polar surface area (TPSA) is 105 Å². The second-order valence-electron chi connectivity index (χ2n) is 3.66. The van der Waals surface area contributed by atoms with Gasteiger partial charge in [-0.2, -0.15) is 9.71 Å². The van der Waals surface area contributed by atoms with E-state index in [0.717, 1.165) is 0 Å². The van der Waals surface area contributed by atoms with Gasteiger partial charge in [0.2, 0.25) is 11.6 Å². The SMILES string of the molecule is CCOC(=O)c1c(O)nc(-c2ccccc2O)n1O. The molecule has 0 aliphatic heterocycles. The molecule has 0 atom stereocenters. The van der Waals surface area contributed by atoms with E-state index in [1.807, 2.05) is 0 Å². The molecule has 0 aliphatic rings. The Bertz CT molecular complexity index is 621. The number of hydrogen-bond acceptors (Lipinski definition) is 6. The van der Waals surface area contributed by atoms with Crippen molar-refractivity contribution in [1.82, 2.24) is 9.71 Å². The smallest absolute Gasteiger partial charge is 0.364 e. The van der Waals surface area contributed by atoms with E-state index in [4.69, 9.17) is 0 Å². The highest BCUT2D eigenvalue weighted by atomic mass is 16.5. The molecule has 0 aliphatic carbocycles. The van der Waals surface area contributed by atoms with Gasteiger partial charge in [0.1, 0.15) is 5.75 Å². The maximum Gasteiger partial charge on any atom is 0.364 e. The van der Waals surface area contributed by atoms with Gasteiger partial charge in [0.15, 0.2) is 5.82 Å². The van der Waals surface area contributed by atoms with Gasteiger partial charge in [0.05, 0.1) is 12.2 Å². The van der Waals surface area contributed by atoms with Crippen LogP contribution in [-0.4, -0.2) is 37.7 Å². The first-order valence-electron chi connectivity index (χ1n) is 5.52. The van der Waals surface area contributed by atoms with Gasteiger partial charge in [-0.05, 0) is 19.1 Å². The maximum atomic E-state index is 11.6. The zero-order valence-corrected chi connectivity index (χ0v) is 10.1. The minimum atomic E-state index is -0.906. The number of imidazole rings is 1. The van der Waals surface area contributed by atoms with E-state index in [1.54, 1.807) is 19.1 Å². The molecule has 0 amide bonds. The van der Waals surface area contributed by atoms with E-state index in [2.05, 4.69) is 9.72 Å². The van der Waals surface area contributed by atoms with Crippen molar-refractivity contribution < 1.29 is 25.0 Å². The number of hydrogen-bond donors (Lipinski definition) is 3. The fourth-order valence-corrected chi connectivity index (χ4v) is 1.62. The Hall–Kier alpha value is -2.70. The highest BCUT2D eigenvalue weighted by molar-refractivity contribution is 5.91. The predicted octanol–water partition coefficient (Wildman–Crippen LogP) is 1.38. The van der Waals surface area contributed by atoms with Gasteiger partial charge >= 0.3 is 5.97 Å². The molecule has 7 nitrogen and oxygen atoms in total. The third kappa shape index (κ3) is 2.17. The molecular formula is C12H12N2O5. The number of ether oxygens (including phenoxy) is 1. The monoisotopic (exact) mass is 264 g/mol. The quantitative estimate of drug-likeness (QED) is 0.571. The number of para-hydroxylation sites is 1. The van der Waals surface area contributed by atoms with Gasteiger partial charge in [0, 0.05) is 0 Å². The van der Waals surface area contributed by atoms with Crippen LogP contribution in [-0.2, 0) is 4.74 Å². The van der Waals surface area contributed by atoms with E-state index in [0.29, 0.717) is 4.73 Å². The Morgan fingerprint density at radius 3 is 2.68 bits per heavy atom. The molecule has 0 bridgehead atoms. The van der Waals surface area contributed by atoms with Gasteiger partial charge < -0.3 is 20.2 Å². The highest BCUT2D eigenvalue weighted by Gasteiger charge is 2.25. The summed E-state index contributed by atoms with van der Waals surface area (Å²) in [5.74, 6) is -1.87. The Morgan fingerprint density at radius 2 is 2.05 bits per heavy atom. The summed E-state index contributed by atoms with van der Waals surface area (Å²) in [4.78, 5) is 15.2. The number of carbonyl (C=O) groups is 1. The van der Waals surface area contributed by atoms with E-state index in [1.165, 1.54) is 12.1 Å². The van der Waals surface area contributed by atoms with Crippen LogP contribution < -0.4 is 0 Å². The number of aromatic nitrogens is 2. The van der Waals surface area contributed by atoms with E-state index >= 15 is 0 Å². The molecule has 0 unspecified atom stereocenters. The number of rotatable bonds is 3. The Balaban J connectivity index is 2.54. The number of nitrogens with zero attached hydrogens (tertiary/aromatic N) is 2. The molecule has 3 N–H and O–H groups in total. The molecule has 0 spiro atoms. The molecule has 0 saturated heterocycles. The van der Waals surface area contributed by atoms with Crippen molar-refractivity contribution >= 4 is 5.97 Å². The molecule has 2 aromatic rings. The first-order chi connectivity index (χ1) is 9.06. The number of phenols is 1. The lowest BCUT2D eigenvalue weighted by molar-refractivity contribution is 0.0472. The van der Waals surface area contributed by atoms with Crippen molar-refractivity contribution in [2.24, 2.45) is 0 Å². The van der Waals surface area contributed by atoms with Crippen LogP contribution in [0.3, 0.4) is 0 Å². The first kappa shape index (κ1) is 12.7. The maximum absolute atomic E-state index is 11.6. The lowest BCUT2D eigenvalue weighted by Gasteiger charge is -2.04. The largest absolute Gasteiger partial charge is 0.507 e. The number of aromatic hydroxyl groups is 2. The van der Waals surface area contributed by atoms with E-state index < -0.39 is 17.5 Å². The standard InChI is InChI=1S/C12H12N2O5/c1-2-19-12(17)9-11(16)13-10(14(9)18)7-5-3-4-6-8(7)15/h3-6,15-16,18H,2H2,1H3. The molecule has 1 heterocycles. The average Bonchev–Trinajstić information content (AvgIpc) is 2.66. The fourth-order valence-electron chi connectivity index (χ4n) is 1.62. The summed E-state index contributed by atoms with van der Waals surface area (Å²) < 4.78 is 5.08. The Labute approximate surface area is 108 Å². The minimum Gasteiger partial charge on any atom is -0.507 e. The van der Waals surface area contributed by atoms with Gasteiger partial charge in [0.25, 0.3) is 0 Å². The van der Waals surface area contributed by atoms with Crippen molar-refractivity contribution in [1.29, 1.82) is 0 Å². The summed E-state index contributed by atoms with van der Waals surface area (Å²) >= 11 is 0. The molecule has 2 rings (SSSR count). The zero-order chi connectivity index (χ0) is 14.0. The molecule has 100 valence electrons. The van der Waals surface area contributed by atoms with Crippen molar-refractivity contribution in [3.63, 3.8) is 0 Å². The van der Waals surface area contributed by atoms with Crippen LogP contribution in [0.2, 0.25) is 0 Å². The van der Waals surface area contributed by atoms with Crippen LogP contribution in [0.25, 0.3) is 11.4 Å². The number of phenolic OH excluding ortho intramolecular Hbond substituents is 1. The van der Waals surface area contributed by atoms with Crippen LogP contribution in [0.4, 0.5) is 0 Å². The first-order valence-corrected chi connectivity index (χ1v) is 5.52. The normalized spacial score (nSPS) is 10.4. The van der Waals surface area contributed by atoms with Gasteiger partial charge in [-0.25, -0.2) is 4.79 Å². The van der Waals surface area contributed by atoms with Crippen molar-refractivity contribution in [3.8, 4) is 23.0 Å². The lowest BCUT2D eigenvalue weighted by Crippen LogP contribution is -2.11.